The van der Waals surface area contributed by atoms with Crippen molar-refractivity contribution >= 4 is 5.97 Å². The zero-order valence-corrected chi connectivity index (χ0v) is 14.6. The molecule has 0 bridgehead atoms. The molecule has 0 N–H and O–H groups in total. The summed E-state index contributed by atoms with van der Waals surface area (Å²) in [5.74, 6) is 0.0533. The number of rotatable bonds is 4. The summed E-state index contributed by atoms with van der Waals surface area (Å²) in [4.78, 5) is 14.9. The Morgan fingerprint density at radius 2 is 1.44 bits per heavy atom. The lowest BCUT2D eigenvalue weighted by atomic mass is 9.76. The van der Waals surface area contributed by atoms with Gasteiger partial charge >= 0.3 is 5.97 Å². The van der Waals surface area contributed by atoms with E-state index in [0.717, 1.165) is 30.8 Å². The number of carbonyl (C=O) groups is 1. The first-order valence-corrected chi connectivity index (χ1v) is 9.34. The normalized spacial score (nSPS) is 23.4. The lowest BCUT2D eigenvalue weighted by Gasteiger charge is -2.38. The van der Waals surface area contributed by atoms with E-state index >= 15 is 0 Å². The Kier molecular flexibility index (Phi) is 4.58. The number of nitrogens with zero attached hydrogens (tertiary/aromatic N) is 1. The summed E-state index contributed by atoms with van der Waals surface area (Å²) in [7, 11) is 0. The van der Waals surface area contributed by atoms with Gasteiger partial charge in [-0.1, -0.05) is 67.1 Å². The number of ether oxygens (including phenoxy) is 1. The average molecular weight is 335 g/mol. The average Bonchev–Trinajstić information content (AvgIpc) is 3.01. The number of benzene rings is 2. The van der Waals surface area contributed by atoms with Crippen molar-refractivity contribution in [1.29, 1.82) is 0 Å². The van der Waals surface area contributed by atoms with E-state index in [0.29, 0.717) is 6.42 Å². The van der Waals surface area contributed by atoms with E-state index in [2.05, 4.69) is 29.2 Å². The molecule has 2 heterocycles. The largest absolute Gasteiger partial charge is 0.449 e. The van der Waals surface area contributed by atoms with Crippen LogP contribution in [0.15, 0.2) is 60.7 Å². The molecule has 130 valence electrons. The fraction of sp³-hybridized carbons (Fsp3) is 0.409. The predicted octanol–water partition coefficient (Wildman–Crippen LogP) is 3.98. The molecule has 0 radical (unpaired) electrons. The second-order valence-corrected chi connectivity index (χ2v) is 7.20. The zero-order chi connectivity index (χ0) is 17.1. The van der Waals surface area contributed by atoms with Crippen molar-refractivity contribution in [3.8, 4) is 0 Å². The molecular weight excluding hydrogens is 310 g/mol. The van der Waals surface area contributed by atoms with Gasteiger partial charge in [0, 0.05) is 23.6 Å². The van der Waals surface area contributed by atoms with E-state index in [1.54, 1.807) is 0 Å². The van der Waals surface area contributed by atoms with E-state index in [4.69, 9.17) is 4.74 Å². The van der Waals surface area contributed by atoms with Crippen LogP contribution < -0.4 is 0 Å². The van der Waals surface area contributed by atoms with Gasteiger partial charge in [0.2, 0.25) is 0 Å². The Bertz CT molecular complexity index is 668. The minimum Gasteiger partial charge on any atom is -0.449 e. The first kappa shape index (κ1) is 16.3. The molecule has 2 aliphatic rings. The van der Waals surface area contributed by atoms with Crippen LogP contribution in [0.4, 0.5) is 0 Å². The van der Waals surface area contributed by atoms with Gasteiger partial charge in [-0.2, -0.15) is 0 Å². The summed E-state index contributed by atoms with van der Waals surface area (Å²) in [6.45, 7) is 3.17. The zero-order valence-electron chi connectivity index (χ0n) is 14.6. The molecule has 1 unspecified atom stereocenters. The van der Waals surface area contributed by atoms with E-state index in [9.17, 15) is 4.79 Å². The van der Waals surface area contributed by atoms with Gasteiger partial charge in [0.1, 0.15) is 0 Å². The van der Waals surface area contributed by atoms with Crippen LogP contribution >= 0.6 is 0 Å². The SMILES string of the molecule is O=C1CC(CN2CCCCC2)C(c2ccccc2)(c2ccccc2)O1. The number of esters is 1. The van der Waals surface area contributed by atoms with Crippen molar-refractivity contribution in [2.45, 2.75) is 31.3 Å². The number of likely N-dealkylation sites (tertiary alicyclic amines) is 1. The van der Waals surface area contributed by atoms with Gasteiger partial charge in [0.05, 0.1) is 6.42 Å². The number of cyclic esters (lactones) is 1. The molecular formula is C22H25NO2. The van der Waals surface area contributed by atoms with Gasteiger partial charge in [-0.05, 0) is 25.9 Å². The molecule has 4 rings (SSSR count). The molecule has 2 aromatic rings. The van der Waals surface area contributed by atoms with Gasteiger partial charge in [0.25, 0.3) is 0 Å². The highest BCUT2D eigenvalue weighted by atomic mass is 16.6. The first-order chi connectivity index (χ1) is 12.3. The quantitative estimate of drug-likeness (QED) is 0.792. The van der Waals surface area contributed by atoms with Crippen molar-refractivity contribution in [3.05, 3.63) is 71.8 Å². The van der Waals surface area contributed by atoms with Gasteiger partial charge in [-0.15, -0.1) is 0 Å². The number of hydrogen-bond acceptors (Lipinski definition) is 3. The topological polar surface area (TPSA) is 29.5 Å². The van der Waals surface area contributed by atoms with Crippen LogP contribution in [-0.4, -0.2) is 30.5 Å². The van der Waals surface area contributed by atoms with Crippen molar-refractivity contribution in [2.75, 3.05) is 19.6 Å². The van der Waals surface area contributed by atoms with Crippen LogP contribution in [0, 0.1) is 5.92 Å². The molecule has 2 aromatic carbocycles. The molecule has 0 aliphatic carbocycles. The molecule has 0 spiro atoms. The van der Waals surface area contributed by atoms with Crippen LogP contribution in [0.2, 0.25) is 0 Å². The summed E-state index contributed by atoms with van der Waals surface area (Å²) >= 11 is 0. The van der Waals surface area contributed by atoms with Crippen molar-refractivity contribution in [3.63, 3.8) is 0 Å². The Morgan fingerprint density at radius 1 is 0.880 bits per heavy atom. The van der Waals surface area contributed by atoms with E-state index in [1.807, 2.05) is 36.4 Å². The van der Waals surface area contributed by atoms with Crippen LogP contribution in [0.3, 0.4) is 0 Å². The Balaban J connectivity index is 1.76. The van der Waals surface area contributed by atoms with Crippen LogP contribution in [0.25, 0.3) is 0 Å². The monoisotopic (exact) mass is 335 g/mol. The fourth-order valence-corrected chi connectivity index (χ4v) is 4.42. The molecule has 2 saturated heterocycles. The molecule has 0 amide bonds. The van der Waals surface area contributed by atoms with E-state index in [1.165, 1.54) is 19.3 Å². The molecule has 0 aromatic heterocycles. The number of hydrogen-bond donors (Lipinski definition) is 0. The van der Waals surface area contributed by atoms with E-state index in [-0.39, 0.29) is 11.9 Å². The van der Waals surface area contributed by atoms with Crippen LogP contribution in [0.5, 0.6) is 0 Å². The third-order valence-corrected chi connectivity index (χ3v) is 5.60. The maximum absolute atomic E-state index is 12.4. The maximum atomic E-state index is 12.4. The summed E-state index contributed by atoms with van der Waals surface area (Å²) in [5.41, 5.74) is 1.49. The first-order valence-electron chi connectivity index (χ1n) is 9.34. The summed E-state index contributed by atoms with van der Waals surface area (Å²) in [5, 5.41) is 0. The van der Waals surface area contributed by atoms with E-state index < -0.39 is 5.60 Å². The number of piperidine rings is 1. The molecule has 0 saturated carbocycles. The molecule has 3 heteroatoms. The minimum atomic E-state index is -0.670. The molecule has 1 atom stereocenters. The van der Waals surface area contributed by atoms with Gasteiger partial charge < -0.3 is 9.64 Å². The lowest BCUT2D eigenvalue weighted by molar-refractivity contribution is -0.147. The molecule has 2 aliphatic heterocycles. The van der Waals surface area contributed by atoms with Crippen molar-refractivity contribution < 1.29 is 9.53 Å². The van der Waals surface area contributed by atoms with Crippen LogP contribution in [-0.2, 0) is 15.1 Å². The van der Waals surface area contributed by atoms with Crippen LogP contribution in [0.1, 0.15) is 36.8 Å². The minimum absolute atomic E-state index is 0.0882. The summed E-state index contributed by atoms with van der Waals surface area (Å²) < 4.78 is 6.11. The summed E-state index contributed by atoms with van der Waals surface area (Å²) in [6.07, 6.45) is 4.32. The molecule has 3 nitrogen and oxygen atoms in total. The van der Waals surface area contributed by atoms with Gasteiger partial charge in [-0.25, -0.2) is 0 Å². The Morgan fingerprint density at radius 3 is 2.00 bits per heavy atom. The highest BCUT2D eigenvalue weighted by molar-refractivity contribution is 5.74. The number of carbonyl (C=O) groups excluding carboxylic acids is 1. The Hall–Kier alpha value is -2.13. The standard InChI is InChI=1S/C22H25NO2/c24-21-16-20(17-23-14-8-3-9-15-23)22(25-21,18-10-4-1-5-11-18)19-12-6-2-7-13-19/h1-2,4-7,10-13,20H,3,8-9,14-17H2. The Labute approximate surface area is 149 Å². The molecule has 2 fully saturated rings. The lowest BCUT2D eigenvalue weighted by Crippen LogP contribution is -2.42. The highest BCUT2D eigenvalue weighted by Gasteiger charge is 2.52. The maximum Gasteiger partial charge on any atom is 0.307 e. The predicted molar refractivity (Wildman–Crippen MR) is 98.2 cm³/mol. The summed E-state index contributed by atoms with van der Waals surface area (Å²) in [6, 6.07) is 20.5. The smallest absolute Gasteiger partial charge is 0.307 e. The second kappa shape index (κ2) is 7.01. The fourth-order valence-electron chi connectivity index (χ4n) is 4.42. The second-order valence-electron chi connectivity index (χ2n) is 7.20. The third-order valence-electron chi connectivity index (χ3n) is 5.60. The highest BCUT2D eigenvalue weighted by Crippen LogP contribution is 2.47. The third kappa shape index (κ3) is 3.09. The molecule has 25 heavy (non-hydrogen) atoms. The van der Waals surface area contributed by atoms with Crippen molar-refractivity contribution in [1.82, 2.24) is 4.90 Å². The van der Waals surface area contributed by atoms with Gasteiger partial charge in [0.15, 0.2) is 5.60 Å². The van der Waals surface area contributed by atoms with Crippen molar-refractivity contribution in [2.24, 2.45) is 5.92 Å². The van der Waals surface area contributed by atoms with Gasteiger partial charge in [-0.3, -0.25) is 4.79 Å².